The molecular formula is C18H20O. The Hall–Kier alpha value is -1.86. The molecule has 1 N–H and O–H groups in total. The topological polar surface area (TPSA) is 20.2 Å². The van der Waals surface area contributed by atoms with Crippen LogP contribution in [-0.4, -0.2) is 11.7 Å². The SMILES string of the molecule is Cc1ccccc1CCc1ccc(/C=C/CO)cc1. The second-order valence-corrected chi connectivity index (χ2v) is 4.75. The van der Waals surface area contributed by atoms with Crippen LogP contribution in [0.5, 0.6) is 0 Å². The zero-order valence-corrected chi connectivity index (χ0v) is 11.3. The fourth-order valence-corrected chi connectivity index (χ4v) is 2.15. The maximum Gasteiger partial charge on any atom is 0.0615 e. The summed E-state index contributed by atoms with van der Waals surface area (Å²) in [4.78, 5) is 0. The quantitative estimate of drug-likeness (QED) is 0.858. The molecule has 0 atom stereocenters. The highest BCUT2D eigenvalue weighted by molar-refractivity contribution is 5.49. The van der Waals surface area contributed by atoms with Crippen LogP contribution in [0.25, 0.3) is 6.08 Å². The van der Waals surface area contributed by atoms with E-state index >= 15 is 0 Å². The first kappa shape index (κ1) is 13.6. The van der Waals surface area contributed by atoms with Gasteiger partial charge >= 0.3 is 0 Å². The van der Waals surface area contributed by atoms with Gasteiger partial charge in [0, 0.05) is 0 Å². The molecule has 0 bridgehead atoms. The maximum absolute atomic E-state index is 8.73. The molecular weight excluding hydrogens is 232 g/mol. The molecule has 2 aromatic carbocycles. The van der Waals surface area contributed by atoms with E-state index in [0.29, 0.717) is 0 Å². The Kier molecular flexibility index (Phi) is 4.93. The average molecular weight is 252 g/mol. The fourth-order valence-electron chi connectivity index (χ4n) is 2.15. The zero-order chi connectivity index (χ0) is 13.5. The monoisotopic (exact) mass is 252 g/mol. The second kappa shape index (κ2) is 6.91. The summed E-state index contributed by atoms with van der Waals surface area (Å²) in [6, 6.07) is 17.1. The summed E-state index contributed by atoms with van der Waals surface area (Å²) in [6.45, 7) is 2.26. The predicted molar refractivity (Wildman–Crippen MR) is 81.1 cm³/mol. The van der Waals surface area contributed by atoms with Crippen molar-refractivity contribution < 1.29 is 5.11 Å². The van der Waals surface area contributed by atoms with E-state index in [1.807, 2.05) is 6.08 Å². The smallest absolute Gasteiger partial charge is 0.0615 e. The predicted octanol–water partition coefficient (Wildman–Crippen LogP) is 3.79. The van der Waals surface area contributed by atoms with E-state index in [1.165, 1.54) is 16.7 Å². The molecule has 0 aliphatic heterocycles. The molecule has 0 aliphatic carbocycles. The van der Waals surface area contributed by atoms with Crippen molar-refractivity contribution in [2.45, 2.75) is 19.8 Å². The van der Waals surface area contributed by atoms with Gasteiger partial charge in [0.2, 0.25) is 0 Å². The molecule has 0 aromatic heterocycles. The summed E-state index contributed by atoms with van der Waals surface area (Å²) in [6.07, 6.45) is 5.83. The van der Waals surface area contributed by atoms with Crippen LogP contribution in [0.3, 0.4) is 0 Å². The Morgan fingerprint density at radius 3 is 2.37 bits per heavy atom. The van der Waals surface area contributed by atoms with Crippen molar-refractivity contribution in [1.82, 2.24) is 0 Å². The lowest BCUT2D eigenvalue weighted by molar-refractivity contribution is 0.343. The Bertz CT molecular complexity index is 538. The first-order chi connectivity index (χ1) is 9.29. The minimum atomic E-state index is 0.0923. The maximum atomic E-state index is 8.73. The van der Waals surface area contributed by atoms with Crippen molar-refractivity contribution in [2.24, 2.45) is 0 Å². The van der Waals surface area contributed by atoms with Crippen molar-refractivity contribution in [1.29, 1.82) is 0 Å². The molecule has 0 aliphatic rings. The lowest BCUT2D eigenvalue weighted by Crippen LogP contribution is -1.93. The molecule has 2 aromatic rings. The Balaban J connectivity index is 1.97. The molecule has 0 amide bonds. The van der Waals surface area contributed by atoms with E-state index in [1.54, 1.807) is 6.08 Å². The van der Waals surface area contributed by atoms with Gasteiger partial charge in [-0.3, -0.25) is 0 Å². The number of aliphatic hydroxyl groups excluding tert-OH is 1. The minimum Gasteiger partial charge on any atom is -0.392 e. The number of aliphatic hydroxyl groups is 1. The van der Waals surface area contributed by atoms with Crippen LogP contribution in [-0.2, 0) is 12.8 Å². The summed E-state index contributed by atoms with van der Waals surface area (Å²) in [7, 11) is 0. The second-order valence-electron chi connectivity index (χ2n) is 4.75. The highest BCUT2D eigenvalue weighted by Gasteiger charge is 1.98. The first-order valence-corrected chi connectivity index (χ1v) is 6.70. The third-order valence-electron chi connectivity index (χ3n) is 3.34. The normalized spacial score (nSPS) is 11.1. The Morgan fingerprint density at radius 2 is 1.68 bits per heavy atom. The van der Waals surface area contributed by atoms with Crippen molar-refractivity contribution in [2.75, 3.05) is 6.61 Å². The molecule has 98 valence electrons. The molecule has 0 radical (unpaired) electrons. The average Bonchev–Trinajstić information content (AvgIpc) is 2.45. The largest absolute Gasteiger partial charge is 0.392 e. The summed E-state index contributed by atoms with van der Waals surface area (Å²) in [5, 5.41) is 8.73. The molecule has 0 saturated heterocycles. The zero-order valence-electron chi connectivity index (χ0n) is 11.3. The van der Waals surface area contributed by atoms with Crippen LogP contribution >= 0.6 is 0 Å². The Morgan fingerprint density at radius 1 is 0.947 bits per heavy atom. The van der Waals surface area contributed by atoms with Gasteiger partial charge in [-0.05, 0) is 42.0 Å². The summed E-state index contributed by atoms with van der Waals surface area (Å²) in [5.41, 5.74) is 5.27. The van der Waals surface area contributed by atoms with E-state index < -0.39 is 0 Å². The van der Waals surface area contributed by atoms with Crippen LogP contribution in [0.4, 0.5) is 0 Å². The van der Waals surface area contributed by atoms with Gasteiger partial charge in [-0.2, -0.15) is 0 Å². The third-order valence-corrected chi connectivity index (χ3v) is 3.34. The third kappa shape index (κ3) is 4.08. The molecule has 0 saturated carbocycles. The van der Waals surface area contributed by atoms with Gasteiger partial charge in [-0.25, -0.2) is 0 Å². The first-order valence-electron chi connectivity index (χ1n) is 6.70. The number of hydrogen-bond donors (Lipinski definition) is 1. The summed E-state index contributed by atoms with van der Waals surface area (Å²) >= 11 is 0. The lowest BCUT2D eigenvalue weighted by Gasteiger charge is -2.06. The van der Waals surface area contributed by atoms with Gasteiger partial charge in [0.1, 0.15) is 0 Å². The van der Waals surface area contributed by atoms with Crippen molar-refractivity contribution in [3.05, 3.63) is 76.9 Å². The molecule has 0 unspecified atom stereocenters. The van der Waals surface area contributed by atoms with Gasteiger partial charge in [0.15, 0.2) is 0 Å². The van der Waals surface area contributed by atoms with E-state index in [-0.39, 0.29) is 6.61 Å². The van der Waals surface area contributed by atoms with Crippen LogP contribution < -0.4 is 0 Å². The number of benzene rings is 2. The molecule has 1 heteroatoms. The molecule has 0 fully saturated rings. The van der Waals surface area contributed by atoms with Crippen LogP contribution in [0.2, 0.25) is 0 Å². The Labute approximate surface area is 115 Å². The van der Waals surface area contributed by atoms with Gasteiger partial charge in [0.25, 0.3) is 0 Å². The minimum absolute atomic E-state index is 0.0923. The number of rotatable bonds is 5. The van der Waals surface area contributed by atoms with Gasteiger partial charge in [-0.1, -0.05) is 60.7 Å². The lowest BCUT2D eigenvalue weighted by atomic mass is 10.00. The van der Waals surface area contributed by atoms with Crippen molar-refractivity contribution >= 4 is 6.08 Å². The van der Waals surface area contributed by atoms with Crippen molar-refractivity contribution in [3.8, 4) is 0 Å². The molecule has 0 spiro atoms. The fraction of sp³-hybridized carbons (Fsp3) is 0.222. The summed E-state index contributed by atoms with van der Waals surface area (Å²) < 4.78 is 0. The van der Waals surface area contributed by atoms with Gasteiger partial charge < -0.3 is 5.11 Å². The van der Waals surface area contributed by atoms with E-state index in [4.69, 9.17) is 5.11 Å². The van der Waals surface area contributed by atoms with E-state index in [2.05, 4.69) is 55.5 Å². The van der Waals surface area contributed by atoms with Gasteiger partial charge in [0.05, 0.1) is 6.61 Å². The highest BCUT2D eigenvalue weighted by Crippen LogP contribution is 2.12. The van der Waals surface area contributed by atoms with Crippen LogP contribution in [0, 0.1) is 6.92 Å². The molecule has 1 nitrogen and oxygen atoms in total. The van der Waals surface area contributed by atoms with E-state index in [9.17, 15) is 0 Å². The summed E-state index contributed by atoms with van der Waals surface area (Å²) in [5.74, 6) is 0. The van der Waals surface area contributed by atoms with Crippen LogP contribution in [0.1, 0.15) is 22.3 Å². The molecule has 2 rings (SSSR count). The highest BCUT2D eigenvalue weighted by atomic mass is 16.2. The molecule has 19 heavy (non-hydrogen) atoms. The van der Waals surface area contributed by atoms with Crippen molar-refractivity contribution in [3.63, 3.8) is 0 Å². The molecule has 0 heterocycles. The van der Waals surface area contributed by atoms with Gasteiger partial charge in [-0.15, -0.1) is 0 Å². The number of hydrogen-bond acceptors (Lipinski definition) is 1. The van der Waals surface area contributed by atoms with E-state index in [0.717, 1.165) is 18.4 Å². The standard InChI is InChI=1S/C18H20O/c1-15-5-2-3-7-18(15)13-12-17-10-8-16(9-11-17)6-4-14-19/h2-11,19H,12-14H2,1H3/b6-4+. The van der Waals surface area contributed by atoms with Crippen LogP contribution in [0.15, 0.2) is 54.6 Å². The number of aryl methyl sites for hydroxylation is 3.